The van der Waals surface area contributed by atoms with Crippen molar-refractivity contribution in [3.8, 4) is 0 Å². The average Bonchev–Trinajstić information content (AvgIpc) is 2.27. The highest BCUT2D eigenvalue weighted by Crippen LogP contribution is 2.00. The first kappa shape index (κ1) is 12.5. The van der Waals surface area contributed by atoms with E-state index in [1.54, 1.807) is 0 Å². The van der Waals surface area contributed by atoms with Crippen molar-refractivity contribution in [2.45, 2.75) is 32.7 Å². The van der Waals surface area contributed by atoms with Crippen molar-refractivity contribution in [2.24, 2.45) is 0 Å². The molecule has 0 aromatic rings. The monoisotopic (exact) mass is 214 g/mol. The van der Waals surface area contributed by atoms with Crippen LogP contribution >= 0.6 is 0 Å². The summed E-state index contributed by atoms with van der Waals surface area (Å²) in [5.41, 5.74) is 0. The van der Waals surface area contributed by atoms with Gasteiger partial charge in [0.05, 0.1) is 13.2 Å². The number of hydrogen-bond acceptors (Lipinski definition) is 3. The number of nitrogens with zero attached hydrogens (tertiary/aromatic N) is 1. The smallest absolute Gasteiger partial charge is 0.219 e. The highest BCUT2D eigenvalue weighted by atomic mass is 16.5. The van der Waals surface area contributed by atoms with Gasteiger partial charge < -0.3 is 10.1 Å². The first-order chi connectivity index (χ1) is 7.22. The number of rotatable bonds is 5. The van der Waals surface area contributed by atoms with E-state index in [0.717, 1.165) is 39.3 Å². The van der Waals surface area contributed by atoms with Gasteiger partial charge >= 0.3 is 0 Å². The van der Waals surface area contributed by atoms with E-state index in [4.69, 9.17) is 4.74 Å². The standard InChI is InChI=1S/C11H22N2O2/c1-3-11(14)12-10(2)4-5-13-6-8-15-9-7-13/h10H,3-9H2,1-2H3,(H,12,14). The van der Waals surface area contributed by atoms with Crippen LogP contribution in [0.1, 0.15) is 26.7 Å². The highest BCUT2D eigenvalue weighted by molar-refractivity contribution is 5.75. The van der Waals surface area contributed by atoms with E-state index in [-0.39, 0.29) is 11.9 Å². The molecule has 4 heteroatoms. The van der Waals surface area contributed by atoms with E-state index in [1.165, 1.54) is 0 Å². The zero-order chi connectivity index (χ0) is 11.1. The Morgan fingerprint density at radius 2 is 2.13 bits per heavy atom. The number of morpholine rings is 1. The number of carbonyl (C=O) groups excluding carboxylic acids is 1. The van der Waals surface area contributed by atoms with Gasteiger partial charge in [-0.3, -0.25) is 9.69 Å². The summed E-state index contributed by atoms with van der Waals surface area (Å²) >= 11 is 0. The van der Waals surface area contributed by atoms with Crippen LogP contribution in [0, 0.1) is 0 Å². The lowest BCUT2D eigenvalue weighted by Gasteiger charge is -2.27. The maximum Gasteiger partial charge on any atom is 0.219 e. The minimum atomic E-state index is 0.143. The Hall–Kier alpha value is -0.610. The van der Waals surface area contributed by atoms with Crippen LogP contribution in [0.3, 0.4) is 0 Å². The molecule has 1 aliphatic heterocycles. The fourth-order valence-electron chi connectivity index (χ4n) is 1.65. The maximum atomic E-state index is 11.1. The molecule has 0 aromatic carbocycles. The fraction of sp³-hybridized carbons (Fsp3) is 0.909. The molecule has 1 saturated heterocycles. The molecule has 1 heterocycles. The van der Waals surface area contributed by atoms with Crippen LogP contribution < -0.4 is 5.32 Å². The van der Waals surface area contributed by atoms with E-state index in [1.807, 2.05) is 6.92 Å². The molecule has 88 valence electrons. The van der Waals surface area contributed by atoms with Gasteiger partial charge in [-0.25, -0.2) is 0 Å². The largest absolute Gasteiger partial charge is 0.379 e. The summed E-state index contributed by atoms with van der Waals surface area (Å²) in [7, 11) is 0. The van der Waals surface area contributed by atoms with Crippen LogP contribution in [-0.4, -0.2) is 49.7 Å². The lowest BCUT2D eigenvalue weighted by Crippen LogP contribution is -2.40. The second kappa shape index (κ2) is 6.80. The van der Waals surface area contributed by atoms with E-state index < -0.39 is 0 Å². The molecule has 1 unspecified atom stereocenters. The second-order valence-electron chi connectivity index (χ2n) is 4.06. The summed E-state index contributed by atoms with van der Waals surface area (Å²) in [6.45, 7) is 8.72. The summed E-state index contributed by atoms with van der Waals surface area (Å²) in [6, 6.07) is 0.278. The van der Waals surface area contributed by atoms with Crippen molar-refractivity contribution in [2.75, 3.05) is 32.8 Å². The minimum Gasteiger partial charge on any atom is -0.379 e. The number of carbonyl (C=O) groups is 1. The van der Waals surface area contributed by atoms with Gasteiger partial charge in [-0.15, -0.1) is 0 Å². The topological polar surface area (TPSA) is 41.6 Å². The van der Waals surface area contributed by atoms with Crippen LogP contribution in [0.15, 0.2) is 0 Å². The van der Waals surface area contributed by atoms with Crippen LogP contribution in [0.25, 0.3) is 0 Å². The Balaban J connectivity index is 2.09. The minimum absolute atomic E-state index is 0.143. The molecule has 0 aromatic heterocycles. The summed E-state index contributed by atoms with van der Waals surface area (Å²) in [5, 5.41) is 2.97. The maximum absolute atomic E-state index is 11.1. The quantitative estimate of drug-likeness (QED) is 0.729. The predicted molar refractivity (Wildman–Crippen MR) is 59.8 cm³/mol. The second-order valence-corrected chi connectivity index (χ2v) is 4.06. The van der Waals surface area contributed by atoms with E-state index in [9.17, 15) is 4.79 Å². The Morgan fingerprint density at radius 3 is 2.73 bits per heavy atom. The van der Waals surface area contributed by atoms with Crippen molar-refractivity contribution >= 4 is 5.91 Å². The van der Waals surface area contributed by atoms with Crippen molar-refractivity contribution < 1.29 is 9.53 Å². The van der Waals surface area contributed by atoms with Gasteiger partial charge in [0.1, 0.15) is 0 Å². The predicted octanol–water partition coefficient (Wildman–Crippen LogP) is 0.623. The molecule has 15 heavy (non-hydrogen) atoms. The van der Waals surface area contributed by atoms with Gasteiger partial charge in [0.15, 0.2) is 0 Å². The van der Waals surface area contributed by atoms with Crippen molar-refractivity contribution in [1.82, 2.24) is 10.2 Å². The number of hydrogen-bond donors (Lipinski definition) is 1. The molecule has 0 saturated carbocycles. The molecule has 0 bridgehead atoms. The molecule has 1 N–H and O–H groups in total. The summed E-state index contributed by atoms with van der Waals surface area (Å²) in [4.78, 5) is 13.5. The molecule has 1 rings (SSSR count). The summed E-state index contributed by atoms with van der Waals surface area (Å²) in [5.74, 6) is 0.143. The van der Waals surface area contributed by atoms with Gasteiger partial charge in [-0.2, -0.15) is 0 Å². The summed E-state index contributed by atoms with van der Waals surface area (Å²) in [6.07, 6.45) is 1.59. The Labute approximate surface area is 92.0 Å². The van der Waals surface area contributed by atoms with Gasteiger partial charge in [0.25, 0.3) is 0 Å². The SMILES string of the molecule is CCC(=O)NC(C)CCN1CCOCC1. The van der Waals surface area contributed by atoms with Gasteiger partial charge in [0, 0.05) is 32.1 Å². The van der Waals surface area contributed by atoms with E-state index in [0.29, 0.717) is 6.42 Å². The first-order valence-electron chi connectivity index (χ1n) is 5.82. The van der Waals surface area contributed by atoms with Crippen LogP contribution in [0.4, 0.5) is 0 Å². The Bertz CT molecular complexity index is 191. The first-order valence-corrected chi connectivity index (χ1v) is 5.82. The molecule has 1 amide bonds. The molecule has 0 aliphatic carbocycles. The molecule has 4 nitrogen and oxygen atoms in total. The van der Waals surface area contributed by atoms with Crippen molar-refractivity contribution in [1.29, 1.82) is 0 Å². The third-order valence-corrected chi connectivity index (χ3v) is 2.71. The molecule has 1 fully saturated rings. The lowest BCUT2D eigenvalue weighted by atomic mass is 10.2. The van der Waals surface area contributed by atoms with Gasteiger partial charge in [-0.1, -0.05) is 6.92 Å². The van der Waals surface area contributed by atoms with E-state index >= 15 is 0 Å². The Kier molecular flexibility index (Phi) is 5.65. The Morgan fingerprint density at radius 1 is 1.47 bits per heavy atom. The lowest BCUT2D eigenvalue weighted by molar-refractivity contribution is -0.121. The molecule has 0 spiro atoms. The number of nitrogens with one attached hydrogen (secondary N) is 1. The normalized spacial score (nSPS) is 19.9. The molecular weight excluding hydrogens is 192 g/mol. The average molecular weight is 214 g/mol. The zero-order valence-corrected chi connectivity index (χ0v) is 9.79. The van der Waals surface area contributed by atoms with Crippen LogP contribution in [-0.2, 0) is 9.53 Å². The molecule has 0 radical (unpaired) electrons. The zero-order valence-electron chi connectivity index (χ0n) is 9.79. The van der Waals surface area contributed by atoms with Crippen LogP contribution in [0.5, 0.6) is 0 Å². The fourth-order valence-corrected chi connectivity index (χ4v) is 1.65. The highest BCUT2D eigenvalue weighted by Gasteiger charge is 2.12. The van der Waals surface area contributed by atoms with Crippen molar-refractivity contribution in [3.63, 3.8) is 0 Å². The van der Waals surface area contributed by atoms with Gasteiger partial charge in [0.2, 0.25) is 5.91 Å². The summed E-state index contributed by atoms with van der Waals surface area (Å²) < 4.78 is 5.28. The van der Waals surface area contributed by atoms with Gasteiger partial charge in [-0.05, 0) is 13.3 Å². The third-order valence-electron chi connectivity index (χ3n) is 2.71. The van der Waals surface area contributed by atoms with Crippen LogP contribution in [0.2, 0.25) is 0 Å². The molecular formula is C11H22N2O2. The number of ether oxygens (including phenoxy) is 1. The van der Waals surface area contributed by atoms with Crippen molar-refractivity contribution in [3.05, 3.63) is 0 Å². The van der Waals surface area contributed by atoms with E-state index in [2.05, 4.69) is 17.1 Å². The third kappa shape index (κ3) is 5.14. The molecule has 1 aliphatic rings. The molecule has 1 atom stereocenters. The number of amides is 1.